The van der Waals surface area contributed by atoms with Gasteiger partial charge in [-0.05, 0) is 71.9 Å². The van der Waals surface area contributed by atoms with Gasteiger partial charge in [-0.1, -0.05) is 0 Å². The number of aromatic hydroxyl groups is 1. The quantitative estimate of drug-likeness (QED) is 0.442. The number of H-pyrrole nitrogens is 1. The second kappa shape index (κ2) is 8.51. The molecule has 138 valence electrons. The molecule has 0 atom stereocenters. The number of hydrazone groups is 1. The first kappa shape index (κ1) is 18.7. The zero-order chi connectivity index (χ0) is 18.5. The number of aromatic nitrogens is 1. The van der Waals surface area contributed by atoms with Crippen molar-refractivity contribution in [3.63, 3.8) is 0 Å². The molecule has 1 aliphatic rings. The van der Waals surface area contributed by atoms with E-state index in [0.29, 0.717) is 17.2 Å². The molecule has 1 aliphatic heterocycles. The number of nitrogens with zero attached hydrogens (tertiary/aromatic N) is 1. The first-order chi connectivity index (χ1) is 12.5. The lowest BCUT2D eigenvalue weighted by Crippen LogP contribution is -3.11. The van der Waals surface area contributed by atoms with E-state index in [9.17, 15) is 9.90 Å². The Balaban J connectivity index is 1.69. The van der Waals surface area contributed by atoms with Crippen LogP contribution < -0.4 is 10.3 Å². The predicted molar refractivity (Wildman–Crippen MR) is 105 cm³/mol. The molecule has 3 rings (SSSR count). The number of likely N-dealkylation sites (tertiary alicyclic amines) is 1. The minimum Gasteiger partial charge on any atom is -0.507 e. The number of piperidine rings is 1. The van der Waals surface area contributed by atoms with E-state index in [1.54, 1.807) is 18.3 Å². The molecule has 0 saturated carbocycles. The molecule has 0 aliphatic carbocycles. The molecule has 0 spiro atoms. The summed E-state index contributed by atoms with van der Waals surface area (Å²) >= 11 is 3.30. The predicted octanol–water partition coefficient (Wildman–Crippen LogP) is 2.21. The standard InChI is InChI=1S/C19H23BrN4O2/c1-13(22-23-19(26)17-10-16(20)11-21-17)14-5-6-18(25)15(9-14)12-24-7-3-2-4-8-24/h5-6,9-11,21,25H,2-4,7-8,12H2,1H3,(H,23,26)/p+1/b22-13+. The smallest absolute Gasteiger partial charge is 0.287 e. The first-order valence-electron chi connectivity index (χ1n) is 8.87. The molecule has 6 nitrogen and oxygen atoms in total. The number of halogens is 1. The van der Waals surface area contributed by atoms with E-state index in [0.717, 1.165) is 35.2 Å². The van der Waals surface area contributed by atoms with Crippen molar-refractivity contribution in [2.75, 3.05) is 13.1 Å². The van der Waals surface area contributed by atoms with Crippen LogP contribution in [0.1, 0.15) is 47.8 Å². The van der Waals surface area contributed by atoms with Gasteiger partial charge in [-0.3, -0.25) is 4.79 Å². The lowest BCUT2D eigenvalue weighted by atomic mass is 10.0. The van der Waals surface area contributed by atoms with Crippen molar-refractivity contribution in [2.24, 2.45) is 5.10 Å². The number of hydrogen-bond acceptors (Lipinski definition) is 3. The van der Waals surface area contributed by atoms with Crippen LogP contribution in [0.3, 0.4) is 0 Å². The van der Waals surface area contributed by atoms with Crippen LogP contribution in [0.5, 0.6) is 5.75 Å². The minimum atomic E-state index is -0.299. The second-order valence-corrected chi connectivity index (χ2v) is 7.62. The van der Waals surface area contributed by atoms with Crippen molar-refractivity contribution in [1.82, 2.24) is 10.4 Å². The number of benzene rings is 1. The van der Waals surface area contributed by atoms with E-state index >= 15 is 0 Å². The Morgan fingerprint density at radius 3 is 2.77 bits per heavy atom. The molecule has 1 amide bonds. The van der Waals surface area contributed by atoms with E-state index in [4.69, 9.17) is 0 Å². The first-order valence-corrected chi connectivity index (χ1v) is 9.66. The SMILES string of the molecule is C/C(=N\NC(=O)c1cc(Br)c[nH]1)c1ccc(O)c(C[NH+]2CCCCC2)c1. The molecule has 26 heavy (non-hydrogen) atoms. The van der Waals surface area contributed by atoms with E-state index < -0.39 is 0 Å². The number of phenolic OH excluding ortho intramolecular Hbond substituents is 1. The van der Waals surface area contributed by atoms with Crippen molar-refractivity contribution >= 4 is 27.5 Å². The van der Waals surface area contributed by atoms with Crippen molar-refractivity contribution in [1.29, 1.82) is 0 Å². The van der Waals surface area contributed by atoms with Gasteiger partial charge < -0.3 is 15.0 Å². The monoisotopic (exact) mass is 419 g/mol. The highest BCUT2D eigenvalue weighted by molar-refractivity contribution is 9.10. The summed E-state index contributed by atoms with van der Waals surface area (Å²) in [6.07, 6.45) is 5.49. The van der Waals surface area contributed by atoms with Crippen LogP contribution in [0.25, 0.3) is 0 Å². The molecular formula is C19H24BrN4O2+. The number of nitrogens with one attached hydrogen (secondary N) is 3. The van der Waals surface area contributed by atoms with Gasteiger partial charge in [0.2, 0.25) is 0 Å². The van der Waals surface area contributed by atoms with Gasteiger partial charge in [0.25, 0.3) is 5.91 Å². The molecule has 2 heterocycles. The number of hydrogen-bond donors (Lipinski definition) is 4. The molecule has 2 aromatic rings. The summed E-state index contributed by atoms with van der Waals surface area (Å²) in [5.41, 5.74) is 5.50. The maximum absolute atomic E-state index is 12.1. The van der Waals surface area contributed by atoms with Crippen molar-refractivity contribution in [2.45, 2.75) is 32.7 Å². The average Bonchev–Trinajstić information content (AvgIpc) is 3.08. The van der Waals surface area contributed by atoms with Gasteiger partial charge in [0.05, 0.1) is 18.8 Å². The Hall–Kier alpha value is -2.12. The van der Waals surface area contributed by atoms with Gasteiger partial charge in [0, 0.05) is 16.2 Å². The molecule has 1 aromatic heterocycles. The van der Waals surface area contributed by atoms with Gasteiger partial charge in [-0.25, -0.2) is 5.43 Å². The summed E-state index contributed by atoms with van der Waals surface area (Å²) in [5.74, 6) is 0.0201. The molecule has 7 heteroatoms. The zero-order valence-electron chi connectivity index (χ0n) is 14.8. The third kappa shape index (κ3) is 4.74. The van der Waals surface area contributed by atoms with Crippen LogP contribution in [0.2, 0.25) is 0 Å². The van der Waals surface area contributed by atoms with Crippen molar-refractivity contribution < 1.29 is 14.8 Å². The normalized spacial score (nSPS) is 15.8. The highest BCUT2D eigenvalue weighted by Crippen LogP contribution is 2.18. The Kier molecular flexibility index (Phi) is 6.11. The molecule has 0 unspecified atom stereocenters. The van der Waals surface area contributed by atoms with Gasteiger partial charge in [-0.2, -0.15) is 5.10 Å². The Bertz CT molecular complexity index is 810. The third-order valence-corrected chi connectivity index (χ3v) is 5.17. The van der Waals surface area contributed by atoms with E-state index in [2.05, 4.69) is 31.4 Å². The summed E-state index contributed by atoms with van der Waals surface area (Å²) in [7, 11) is 0. The van der Waals surface area contributed by atoms with Gasteiger partial charge in [0.15, 0.2) is 0 Å². The molecule has 0 bridgehead atoms. The van der Waals surface area contributed by atoms with Gasteiger partial charge in [0.1, 0.15) is 18.0 Å². The third-order valence-electron chi connectivity index (χ3n) is 4.72. The summed E-state index contributed by atoms with van der Waals surface area (Å²) in [6, 6.07) is 7.19. The van der Waals surface area contributed by atoms with Crippen molar-refractivity contribution in [3.8, 4) is 5.75 Å². The lowest BCUT2D eigenvalue weighted by Gasteiger charge is -2.24. The lowest BCUT2D eigenvalue weighted by molar-refractivity contribution is -0.918. The average molecular weight is 420 g/mol. The number of carbonyl (C=O) groups excluding carboxylic acids is 1. The molecule has 1 aromatic carbocycles. The number of quaternary nitrogens is 1. The van der Waals surface area contributed by atoms with Crippen LogP contribution in [-0.2, 0) is 6.54 Å². The van der Waals surface area contributed by atoms with E-state index in [1.807, 2.05) is 19.1 Å². The van der Waals surface area contributed by atoms with Crippen LogP contribution in [0.4, 0.5) is 0 Å². The Morgan fingerprint density at radius 2 is 2.08 bits per heavy atom. The summed E-state index contributed by atoms with van der Waals surface area (Å²) in [4.78, 5) is 16.4. The van der Waals surface area contributed by atoms with Crippen LogP contribution >= 0.6 is 15.9 Å². The molecule has 4 N–H and O–H groups in total. The Labute approximate surface area is 161 Å². The Morgan fingerprint density at radius 1 is 1.31 bits per heavy atom. The highest BCUT2D eigenvalue weighted by atomic mass is 79.9. The maximum Gasteiger partial charge on any atom is 0.287 e. The highest BCUT2D eigenvalue weighted by Gasteiger charge is 2.16. The number of rotatable bonds is 5. The zero-order valence-corrected chi connectivity index (χ0v) is 16.4. The fourth-order valence-corrected chi connectivity index (χ4v) is 3.55. The van der Waals surface area contributed by atoms with Crippen LogP contribution in [0, 0.1) is 0 Å². The minimum absolute atomic E-state index is 0.299. The fourth-order valence-electron chi connectivity index (χ4n) is 3.21. The molecule has 0 radical (unpaired) electrons. The molecule has 1 fully saturated rings. The fraction of sp³-hybridized carbons (Fsp3) is 0.368. The van der Waals surface area contributed by atoms with Gasteiger partial charge in [-0.15, -0.1) is 0 Å². The van der Waals surface area contributed by atoms with E-state index in [-0.39, 0.29) is 5.91 Å². The van der Waals surface area contributed by atoms with Crippen LogP contribution in [0.15, 0.2) is 40.0 Å². The summed E-state index contributed by atoms with van der Waals surface area (Å²) in [6.45, 7) is 4.96. The number of aromatic amines is 1. The summed E-state index contributed by atoms with van der Waals surface area (Å²) in [5, 5.41) is 14.4. The topological polar surface area (TPSA) is 81.9 Å². The molecule has 1 saturated heterocycles. The van der Waals surface area contributed by atoms with E-state index in [1.165, 1.54) is 24.2 Å². The second-order valence-electron chi connectivity index (χ2n) is 6.70. The number of carbonyl (C=O) groups is 1. The maximum atomic E-state index is 12.1. The largest absolute Gasteiger partial charge is 0.507 e. The summed E-state index contributed by atoms with van der Waals surface area (Å²) < 4.78 is 0.812. The van der Waals surface area contributed by atoms with Crippen LogP contribution in [-0.4, -0.2) is 34.8 Å². The number of phenols is 1. The molecular weight excluding hydrogens is 396 g/mol. The number of amides is 1. The van der Waals surface area contributed by atoms with Gasteiger partial charge >= 0.3 is 0 Å². The van der Waals surface area contributed by atoms with Crippen molar-refractivity contribution in [3.05, 3.63) is 51.8 Å².